The summed E-state index contributed by atoms with van der Waals surface area (Å²) in [5.41, 5.74) is 1.06. The number of ether oxygens (including phenoxy) is 2. The molecule has 0 spiro atoms. The molecule has 0 saturated carbocycles. The van der Waals surface area contributed by atoms with Crippen molar-refractivity contribution in [3.63, 3.8) is 0 Å². The van der Waals surface area contributed by atoms with Crippen molar-refractivity contribution < 1.29 is 18.7 Å². The summed E-state index contributed by atoms with van der Waals surface area (Å²) in [7, 11) is 2.76. The molecule has 126 valence electrons. The highest BCUT2D eigenvalue weighted by atomic mass is 16.5. The molecule has 5 heteroatoms. The quantitative estimate of drug-likeness (QED) is 0.415. The topological polar surface area (TPSA) is 65.7 Å². The van der Waals surface area contributed by atoms with Crippen molar-refractivity contribution >= 4 is 22.5 Å². The zero-order chi connectivity index (χ0) is 17.8. The minimum Gasteiger partial charge on any atom is -0.495 e. The maximum absolute atomic E-state index is 12.7. The van der Waals surface area contributed by atoms with Crippen LogP contribution < -0.4 is 10.4 Å². The Morgan fingerprint density at radius 1 is 1.00 bits per heavy atom. The second-order valence-corrected chi connectivity index (χ2v) is 5.24. The molecule has 2 aromatic carbocycles. The first-order valence-electron chi connectivity index (χ1n) is 7.61. The minimum absolute atomic E-state index is 0.179. The third kappa shape index (κ3) is 3.17. The lowest BCUT2D eigenvalue weighted by molar-refractivity contribution is -0.134. The van der Waals surface area contributed by atoms with Gasteiger partial charge in [0, 0.05) is 11.6 Å². The summed E-state index contributed by atoms with van der Waals surface area (Å²) in [5, 5.41) is 0.645. The van der Waals surface area contributed by atoms with Crippen LogP contribution in [0.3, 0.4) is 0 Å². The maximum Gasteiger partial charge on any atom is 0.348 e. The lowest BCUT2D eigenvalue weighted by atomic mass is 9.97. The van der Waals surface area contributed by atoms with Crippen LogP contribution in [0.5, 0.6) is 5.75 Å². The molecule has 1 aromatic heterocycles. The molecule has 3 rings (SSSR count). The number of rotatable bonds is 4. The summed E-state index contributed by atoms with van der Waals surface area (Å²) in [5.74, 6) is -0.223. The Morgan fingerprint density at radius 3 is 2.36 bits per heavy atom. The van der Waals surface area contributed by atoms with Crippen molar-refractivity contribution in [2.45, 2.75) is 0 Å². The first-order valence-corrected chi connectivity index (χ1v) is 7.61. The number of hydrogen-bond acceptors (Lipinski definition) is 5. The van der Waals surface area contributed by atoms with Gasteiger partial charge in [0.05, 0.1) is 19.6 Å². The molecule has 0 aliphatic rings. The molecule has 0 radical (unpaired) electrons. The average molecular weight is 336 g/mol. The van der Waals surface area contributed by atoms with E-state index in [9.17, 15) is 9.59 Å². The number of benzene rings is 2. The van der Waals surface area contributed by atoms with Crippen LogP contribution in [-0.2, 0) is 9.53 Å². The number of hydrogen-bond donors (Lipinski definition) is 0. The number of para-hydroxylation sites is 1. The summed E-state index contributed by atoms with van der Waals surface area (Å²) in [6, 6.07) is 16.1. The van der Waals surface area contributed by atoms with Crippen molar-refractivity contribution in [3.8, 4) is 5.75 Å². The average Bonchev–Trinajstić information content (AvgIpc) is 2.65. The van der Waals surface area contributed by atoms with Crippen molar-refractivity contribution in [1.82, 2.24) is 0 Å². The van der Waals surface area contributed by atoms with Crippen molar-refractivity contribution in [2.24, 2.45) is 0 Å². The van der Waals surface area contributed by atoms with E-state index in [2.05, 4.69) is 0 Å². The van der Waals surface area contributed by atoms with E-state index >= 15 is 0 Å². The van der Waals surface area contributed by atoms with Crippen molar-refractivity contribution in [2.75, 3.05) is 14.2 Å². The zero-order valence-corrected chi connectivity index (χ0v) is 13.8. The summed E-state index contributed by atoms with van der Waals surface area (Å²) in [4.78, 5) is 24.5. The van der Waals surface area contributed by atoms with Crippen molar-refractivity contribution in [3.05, 3.63) is 82.2 Å². The monoisotopic (exact) mass is 336 g/mol. The summed E-state index contributed by atoms with van der Waals surface area (Å²) < 4.78 is 15.7. The molecule has 5 nitrogen and oxygen atoms in total. The Kier molecular flexibility index (Phi) is 4.66. The summed E-state index contributed by atoms with van der Waals surface area (Å²) in [6.07, 6.45) is 1.26. The fourth-order valence-corrected chi connectivity index (χ4v) is 2.66. The highest BCUT2D eigenvalue weighted by Gasteiger charge is 2.21. The van der Waals surface area contributed by atoms with E-state index < -0.39 is 11.6 Å². The van der Waals surface area contributed by atoms with Gasteiger partial charge in [-0.25, -0.2) is 9.59 Å². The van der Waals surface area contributed by atoms with Gasteiger partial charge in [0.1, 0.15) is 16.9 Å². The first kappa shape index (κ1) is 16.5. The minimum atomic E-state index is -0.588. The highest BCUT2D eigenvalue weighted by Crippen LogP contribution is 2.34. The second-order valence-electron chi connectivity index (χ2n) is 5.24. The maximum atomic E-state index is 12.7. The molecular formula is C20H16O5. The van der Waals surface area contributed by atoms with Crippen LogP contribution in [0.25, 0.3) is 16.5 Å². The molecule has 0 aliphatic heterocycles. The Labute approximate surface area is 144 Å². The molecule has 0 aliphatic carbocycles. The van der Waals surface area contributed by atoms with Gasteiger partial charge in [0.15, 0.2) is 0 Å². The lowest BCUT2D eigenvalue weighted by Crippen LogP contribution is -2.11. The smallest absolute Gasteiger partial charge is 0.348 e. The predicted octanol–water partition coefficient (Wildman–Crippen LogP) is 3.41. The van der Waals surface area contributed by atoms with E-state index in [4.69, 9.17) is 13.9 Å². The Balaban J connectivity index is 2.37. The molecule has 0 amide bonds. The van der Waals surface area contributed by atoms with Gasteiger partial charge in [-0.2, -0.15) is 0 Å². The molecule has 0 fully saturated rings. The van der Waals surface area contributed by atoms with E-state index in [1.54, 1.807) is 30.3 Å². The predicted molar refractivity (Wildman–Crippen MR) is 94.6 cm³/mol. The molecule has 0 N–H and O–H groups in total. The normalized spacial score (nSPS) is 11.4. The molecule has 0 atom stereocenters. The van der Waals surface area contributed by atoms with Crippen LogP contribution >= 0.6 is 0 Å². The Morgan fingerprint density at radius 2 is 1.68 bits per heavy atom. The molecule has 1 heterocycles. The second kappa shape index (κ2) is 7.05. The molecule has 0 saturated heterocycles. The van der Waals surface area contributed by atoms with Gasteiger partial charge in [-0.05, 0) is 17.7 Å². The van der Waals surface area contributed by atoms with E-state index in [0.717, 1.165) is 0 Å². The van der Waals surface area contributed by atoms with Gasteiger partial charge in [-0.3, -0.25) is 0 Å². The lowest BCUT2D eigenvalue weighted by Gasteiger charge is -2.13. The van der Waals surface area contributed by atoms with Gasteiger partial charge >= 0.3 is 11.6 Å². The number of carbonyl (C=O) groups excluding carboxylic acids is 1. The van der Waals surface area contributed by atoms with Gasteiger partial charge in [0.25, 0.3) is 0 Å². The molecule has 0 bridgehead atoms. The molecular weight excluding hydrogens is 320 g/mol. The summed E-state index contributed by atoms with van der Waals surface area (Å²) >= 11 is 0. The van der Waals surface area contributed by atoms with Crippen LogP contribution in [0, 0.1) is 0 Å². The highest BCUT2D eigenvalue weighted by molar-refractivity contribution is 5.99. The van der Waals surface area contributed by atoms with Gasteiger partial charge in [-0.15, -0.1) is 0 Å². The number of fused-ring (bicyclic) bond motifs is 1. The van der Waals surface area contributed by atoms with Crippen LogP contribution in [0.2, 0.25) is 0 Å². The van der Waals surface area contributed by atoms with Gasteiger partial charge < -0.3 is 13.9 Å². The Bertz CT molecular complexity index is 1000. The number of esters is 1. The van der Waals surface area contributed by atoms with E-state index in [1.165, 1.54) is 20.3 Å². The zero-order valence-electron chi connectivity index (χ0n) is 13.8. The Hall–Kier alpha value is -3.34. The first-order chi connectivity index (χ1) is 12.2. The van der Waals surface area contributed by atoms with Gasteiger partial charge in [-0.1, -0.05) is 42.5 Å². The van der Waals surface area contributed by atoms with Crippen LogP contribution in [0.15, 0.2) is 69.9 Å². The van der Waals surface area contributed by atoms with E-state index in [0.29, 0.717) is 27.9 Å². The third-order valence-electron chi connectivity index (χ3n) is 3.79. The van der Waals surface area contributed by atoms with E-state index in [-0.39, 0.29) is 5.56 Å². The fraction of sp³-hybridized carbons (Fsp3) is 0.100. The van der Waals surface area contributed by atoms with Crippen LogP contribution in [0.4, 0.5) is 0 Å². The standard InChI is InChI=1S/C20H16O5/c1-23-17(21)12-15(13-8-4-3-5-9-13)18-19(24-2)14-10-6-7-11-16(14)25-20(18)22/h3-12H,1-2H3/b15-12-. The van der Waals surface area contributed by atoms with E-state index in [1.807, 2.05) is 24.3 Å². The molecule has 0 unspecified atom stereocenters. The van der Waals surface area contributed by atoms with Gasteiger partial charge in [0.2, 0.25) is 0 Å². The fourth-order valence-electron chi connectivity index (χ4n) is 2.66. The largest absolute Gasteiger partial charge is 0.495 e. The van der Waals surface area contributed by atoms with Crippen LogP contribution in [-0.4, -0.2) is 20.2 Å². The third-order valence-corrected chi connectivity index (χ3v) is 3.79. The van der Waals surface area contributed by atoms with Crippen molar-refractivity contribution in [1.29, 1.82) is 0 Å². The molecule has 3 aromatic rings. The summed E-state index contributed by atoms with van der Waals surface area (Å²) in [6.45, 7) is 0. The molecule has 25 heavy (non-hydrogen) atoms. The van der Waals surface area contributed by atoms with Crippen LogP contribution in [0.1, 0.15) is 11.1 Å². The SMILES string of the molecule is COC(=O)/C=C(/c1ccccc1)c1c(OC)c2ccccc2oc1=O. The number of methoxy groups -OCH3 is 2. The number of carbonyl (C=O) groups is 1.